The lowest BCUT2D eigenvalue weighted by atomic mass is 10.1. The van der Waals surface area contributed by atoms with Crippen molar-refractivity contribution in [3.05, 3.63) is 65.2 Å². The maximum absolute atomic E-state index is 13.7. The second-order valence-electron chi connectivity index (χ2n) is 5.72. The van der Waals surface area contributed by atoms with Crippen molar-refractivity contribution in [2.45, 2.75) is 13.1 Å². The lowest BCUT2D eigenvalue weighted by Crippen LogP contribution is -2.45. The molecule has 0 saturated carbocycles. The molecular weight excluding hydrogens is 303 g/mol. The zero-order valence-electron chi connectivity index (χ0n) is 12.7. The van der Waals surface area contributed by atoms with Gasteiger partial charge in [-0.05, 0) is 18.2 Å². The number of nitrogens with zero attached hydrogens (tertiary/aromatic N) is 3. The van der Waals surface area contributed by atoms with E-state index in [4.69, 9.17) is 0 Å². The van der Waals surface area contributed by atoms with Crippen LogP contribution in [-0.2, 0) is 13.1 Å². The van der Waals surface area contributed by atoms with Crippen LogP contribution in [0, 0.1) is 17.5 Å². The highest BCUT2D eigenvalue weighted by Crippen LogP contribution is 2.15. The van der Waals surface area contributed by atoms with E-state index in [0.29, 0.717) is 24.3 Å². The molecule has 0 atom stereocenters. The van der Waals surface area contributed by atoms with Crippen LogP contribution in [0.3, 0.4) is 0 Å². The topological polar surface area (TPSA) is 19.4 Å². The van der Waals surface area contributed by atoms with E-state index >= 15 is 0 Å². The first-order valence-electron chi connectivity index (χ1n) is 7.60. The molecule has 1 aromatic heterocycles. The van der Waals surface area contributed by atoms with Crippen molar-refractivity contribution in [3.63, 3.8) is 0 Å². The summed E-state index contributed by atoms with van der Waals surface area (Å²) in [5, 5.41) is 0. The fourth-order valence-electron chi connectivity index (χ4n) is 2.74. The molecule has 1 saturated heterocycles. The molecule has 1 fully saturated rings. The molecule has 0 aliphatic carbocycles. The number of halogens is 3. The largest absolute Gasteiger partial charge is 0.296 e. The zero-order valence-corrected chi connectivity index (χ0v) is 12.7. The fraction of sp³-hybridized carbons (Fsp3) is 0.353. The van der Waals surface area contributed by atoms with Crippen LogP contribution in [0.1, 0.15) is 11.3 Å². The Kier molecular flexibility index (Phi) is 4.93. The average Bonchev–Trinajstić information content (AvgIpc) is 2.54. The summed E-state index contributed by atoms with van der Waals surface area (Å²) in [6, 6.07) is 6.66. The van der Waals surface area contributed by atoms with Crippen molar-refractivity contribution in [2.24, 2.45) is 0 Å². The third kappa shape index (κ3) is 4.09. The van der Waals surface area contributed by atoms with Crippen LogP contribution in [0.5, 0.6) is 0 Å². The van der Waals surface area contributed by atoms with E-state index in [1.54, 1.807) is 12.3 Å². The molecule has 6 heteroatoms. The number of aromatic nitrogens is 1. The van der Waals surface area contributed by atoms with Crippen molar-refractivity contribution < 1.29 is 13.2 Å². The summed E-state index contributed by atoms with van der Waals surface area (Å²) in [4.78, 5) is 8.30. The van der Waals surface area contributed by atoms with Crippen molar-refractivity contribution in [3.8, 4) is 0 Å². The number of hydrogen-bond donors (Lipinski definition) is 0. The fourth-order valence-corrected chi connectivity index (χ4v) is 2.74. The maximum Gasteiger partial charge on any atom is 0.146 e. The van der Waals surface area contributed by atoms with Crippen LogP contribution in [0.15, 0.2) is 36.5 Å². The third-order valence-corrected chi connectivity index (χ3v) is 4.08. The zero-order chi connectivity index (χ0) is 16.2. The van der Waals surface area contributed by atoms with Gasteiger partial charge in [-0.25, -0.2) is 13.2 Å². The molecule has 0 spiro atoms. The monoisotopic (exact) mass is 321 g/mol. The molecule has 0 N–H and O–H groups in total. The number of hydrogen-bond acceptors (Lipinski definition) is 3. The number of benzene rings is 1. The highest BCUT2D eigenvalue weighted by Gasteiger charge is 2.19. The first kappa shape index (κ1) is 16.0. The van der Waals surface area contributed by atoms with E-state index in [1.165, 1.54) is 18.2 Å². The van der Waals surface area contributed by atoms with Crippen molar-refractivity contribution in [2.75, 3.05) is 26.2 Å². The Balaban J connectivity index is 1.53. The van der Waals surface area contributed by atoms with Crippen molar-refractivity contribution >= 4 is 0 Å². The van der Waals surface area contributed by atoms with Gasteiger partial charge in [0.1, 0.15) is 17.5 Å². The Bertz CT molecular complexity index is 670. The molecule has 3 nitrogen and oxygen atoms in total. The molecule has 0 unspecified atom stereocenters. The number of piperazine rings is 1. The van der Waals surface area contributed by atoms with Gasteiger partial charge in [-0.1, -0.05) is 6.07 Å². The summed E-state index contributed by atoms with van der Waals surface area (Å²) in [6.45, 7) is 3.97. The number of rotatable bonds is 4. The Morgan fingerprint density at radius 1 is 0.870 bits per heavy atom. The van der Waals surface area contributed by atoms with Crippen LogP contribution in [0.4, 0.5) is 13.2 Å². The second-order valence-corrected chi connectivity index (χ2v) is 5.72. The van der Waals surface area contributed by atoms with E-state index in [1.807, 2.05) is 0 Å². The van der Waals surface area contributed by atoms with Gasteiger partial charge in [0.05, 0.1) is 5.69 Å². The third-order valence-electron chi connectivity index (χ3n) is 4.08. The van der Waals surface area contributed by atoms with Crippen LogP contribution >= 0.6 is 0 Å². The summed E-state index contributed by atoms with van der Waals surface area (Å²) < 4.78 is 40.2. The van der Waals surface area contributed by atoms with E-state index < -0.39 is 11.6 Å². The Hall–Kier alpha value is -1.92. The van der Waals surface area contributed by atoms with Gasteiger partial charge < -0.3 is 0 Å². The standard InChI is InChI=1S/C17H18F3N3/c18-14-4-3-13(16(20)10-14)11-22-6-8-23(9-7-22)12-17-15(19)2-1-5-21-17/h1-5,10H,6-9,11-12H2. The average molecular weight is 321 g/mol. The molecular formula is C17H18F3N3. The molecule has 2 aromatic rings. The van der Waals surface area contributed by atoms with E-state index in [-0.39, 0.29) is 5.82 Å². The molecule has 0 radical (unpaired) electrons. The van der Waals surface area contributed by atoms with Crippen LogP contribution in [0.25, 0.3) is 0 Å². The highest BCUT2D eigenvalue weighted by atomic mass is 19.1. The van der Waals surface area contributed by atoms with Gasteiger partial charge >= 0.3 is 0 Å². The molecule has 3 rings (SSSR count). The SMILES string of the molecule is Fc1ccc(CN2CCN(Cc3ncccc3F)CC2)c(F)c1. The minimum atomic E-state index is -0.562. The Morgan fingerprint density at radius 3 is 2.22 bits per heavy atom. The lowest BCUT2D eigenvalue weighted by Gasteiger charge is -2.34. The summed E-state index contributed by atoms with van der Waals surface area (Å²) in [5.41, 5.74) is 0.946. The summed E-state index contributed by atoms with van der Waals surface area (Å²) in [7, 11) is 0. The molecule has 1 aromatic carbocycles. The van der Waals surface area contributed by atoms with Gasteiger partial charge in [0.25, 0.3) is 0 Å². The van der Waals surface area contributed by atoms with Gasteiger partial charge in [-0.2, -0.15) is 0 Å². The summed E-state index contributed by atoms with van der Waals surface area (Å²) >= 11 is 0. The van der Waals surface area contributed by atoms with Gasteiger partial charge in [-0.3, -0.25) is 14.8 Å². The quantitative estimate of drug-likeness (QED) is 0.863. The maximum atomic E-state index is 13.7. The minimum Gasteiger partial charge on any atom is -0.296 e. The molecule has 0 bridgehead atoms. The Labute approximate surface area is 133 Å². The van der Waals surface area contributed by atoms with Crippen LogP contribution in [0.2, 0.25) is 0 Å². The minimum absolute atomic E-state index is 0.289. The van der Waals surface area contributed by atoms with Gasteiger partial charge in [0, 0.05) is 57.1 Å². The van der Waals surface area contributed by atoms with Crippen molar-refractivity contribution in [1.82, 2.24) is 14.8 Å². The second kappa shape index (κ2) is 7.10. The first-order chi connectivity index (χ1) is 11.1. The van der Waals surface area contributed by atoms with E-state index in [2.05, 4.69) is 14.8 Å². The predicted octanol–water partition coefficient (Wildman–Crippen LogP) is 2.82. The van der Waals surface area contributed by atoms with E-state index in [9.17, 15) is 13.2 Å². The van der Waals surface area contributed by atoms with Crippen molar-refractivity contribution in [1.29, 1.82) is 0 Å². The molecule has 1 aliphatic heterocycles. The van der Waals surface area contributed by atoms with Crippen LogP contribution in [-0.4, -0.2) is 41.0 Å². The van der Waals surface area contributed by atoms with Gasteiger partial charge in [0.2, 0.25) is 0 Å². The summed E-state index contributed by atoms with van der Waals surface area (Å²) in [6.07, 6.45) is 1.59. The first-order valence-corrected chi connectivity index (χ1v) is 7.60. The Morgan fingerprint density at radius 2 is 1.57 bits per heavy atom. The highest BCUT2D eigenvalue weighted by molar-refractivity contribution is 5.18. The molecule has 2 heterocycles. The normalized spacial score (nSPS) is 16.7. The molecule has 1 aliphatic rings. The van der Waals surface area contributed by atoms with Gasteiger partial charge in [-0.15, -0.1) is 0 Å². The van der Waals surface area contributed by atoms with Gasteiger partial charge in [0.15, 0.2) is 0 Å². The lowest BCUT2D eigenvalue weighted by molar-refractivity contribution is 0.119. The smallest absolute Gasteiger partial charge is 0.146 e. The summed E-state index contributed by atoms with van der Waals surface area (Å²) in [5.74, 6) is -1.36. The molecule has 122 valence electrons. The van der Waals surface area contributed by atoms with E-state index in [0.717, 1.165) is 32.2 Å². The molecule has 0 amide bonds. The van der Waals surface area contributed by atoms with Crippen LogP contribution < -0.4 is 0 Å². The number of pyridine rings is 1. The predicted molar refractivity (Wildman–Crippen MR) is 81.1 cm³/mol. The molecule has 23 heavy (non-hydrogen) atoms.